The van der Waals surface area contributed by atoms with E-state index in [0.717, 1.165) is 0 Å². The van der Waals surface area contributed by atoms with Crippen LogP contribution in [0.15, 0.2) is 40.8 Å². The molecule has 0 saturated heterocycles. The van der Waals surface area contributed by atoms with Crippen LogP contribution in [0.3, 0.4) is 0 Å². The summed E-state index contributed by atoms with van der Waals surface area (Å²) in [5.41, 5.74) is 5.72. The predicted octanol–water partition coefficient (Wildman–Crippen LogP) is 2.52. The number of amides is 1. The molecular formula is C15H18ClFN2O2. The van der Waals surface area contributed by atoms with Crippen LogP contribution < -0.4 is 11.1 Å². The fourth-order valence-corrected chi connectivity index (χ4v) is 1.85. The first kappa shape index (κ1) is 17.2. The van der Waals surface area contributed by atoms with Gasteiger partial charge in [-0.15, -0.1) is 12.4 Å². The van der Waals surface area contributed by atoms with Crippen LogP contribution >= 0.6 is 12.4 Å². The van der Waals surface area contributed by atoms with E-state index in [0.29, 0.717) is 43.0 Å². The van der Waals surface area contributed by atoms with Crippen LogP contribution in [-0.2, 0) is 11.2 Å². The molecule has 21 heavy (non-hydrogen) atoms. The Balaban J connectivity index is 0.00000220. The topological polar surface area (TPSA) is 68.3 Å². The minimum absolute atomic E-state index is 0. The second-order valence-corrected chi connectivity index (χ2v) is 4.38. The second-order valence-electron chi connectivity index (χ2n) is 4.38. The number of nitrogens with two attached hydrogens (primary N) is 1. The number of carbonyl (C=O) groups excluding carboxylic acids is 1. The summed E-state index contributed by atoms with van der Waals surface area (Å²) in [7, 11) is 0. The van der Waals surface area contributed by atoms with Crippen molar-refractivity contribution < 1.29 is 13.6 Å². The molecule has 3 N–H and O–H groups in total. The van der Waals surface area contributed by atoms with E-state index in [-0.39, 0.29) is 24.1 Å². The molecule has 1 heterocycles. The molecular weight excluding hydrogens is 295 g/mol. The highest BCUT2D eigenvalue weighted by molar-refractivity contribution is 5.85. The van der Waals surface area contributed by atoms with Crippen molar-refractivity contribution in [3.05, 3.63) is 48.0 Å². The largest absolute Gasteiger partial charge is 0.461 e. The molecule has 0 aliphatic heterocycles. The number of rotatable bonds is 6. The van der Waals surface area contributed by atoms with Crippen LogP contribution in [-0.4, -0.2) is 19.0 Å². The Morgan fingerprint density at radius 2 is 2.00 bits per heavy atom. The van der Waals surface area contributed by atoms with Crippen LogP contribution in [0, 0.1) is 5.82 Å². The lowest BCUT2D eigenvalue weighted by molar-refractivity contribution is -0.121. The van der Waals surface area contributed by atoms with Crippen LogP contribution in [0.5, 0.6) is 0 Å². The van der Waals surface area contributed by atoms with Crippen LogP contribution in [0.4, 0.5) is 4.39 Å². The van der Waals surface area contributed by atoms with Crippen molar-refractivity contribution in [3.8, 4) is 11.3 Å². The van der Waals surface area contributed by atoms with Crippen molar-refractivity contribution in [2.24, 2.45) is 5.73 Å². The Kier molecular flexibility index (Phi) is 6.91. The standard InChI is InChI=1S/C15H17FN2O2.ClH/c16-13-4-2-1-3-12(13)14-7-5-11(20-14)6-8-15(19)18-10-9-17;/h1-5,7H,6,8-10,17H2,(H,18,19);1H. The molecule has 0 saturated carbocycles. The lowest BCUT2D eigenvalue weighted by atomic mass is 10.1. The average Bonchev–Trinajstić information content (AvgIpc) is 2.92. The van der Waals surface area contributed by atoms with Gasteiger partial charge in [-0.1, -0.05) is 12.1 Å². The molecule has 0 spiro atoms. The van der Waals surface area contributed by atoms with Crippen LogP contribution in [0.25, 0.3) is 11.3 Å². The van der Waals surface area contributed by atoms with Crippen molar-refractivity contribution in [2.45, 2.75) is 12.8 Å². The molecule has 0 aliphatic rings. The van der Waals surface area contributed by atoms with Crippen molar-refractivity contribution in [1.82, 2.24) is 5.32 Å². The van der Waals surface area contributed by atoms with E-state index in [4.69, 9.17) is 10.2 Å². The maximum Gasteiger partial charge on any atom is 0.220 e. The molecule has 1 amide bonds. The van der Waals surface area contributed by atoms with Gasteiger partial charge in [-0.2, -0.15) is 0 Å². The fraction of sp³-hybridized carbons (Fsp3) is 0.267. The highest BCUT2D eigenvalue weighted by Gasteiger charge is 2.10. The summed E-state index contributed by atoms with van der Waals surface area (Å²) in [4.78, 5) is 11.4. The highest BCUT2D eigenvalue weighted by Crippen LogP contribution is 2.25. The Labute approximate surface area is 128 Å². The molecule has 1 aromatic heterocycles. The third-order valence-electron chi connectivity index (χ3n) is 2.87. The Hall–Kier alpha value is -1.85. The maximum absolute atomic E-state index is 13.6. The van der Waals surface area contributed by atoms with E-state index in [1.165, 1.54) is 6.07 Å². The van der Waals surface area contributed by atoms with Gasteiger partial charge >= 0.3 is 0 Å². The lowest BCUT2D eigenvalue weighted by Gasteiger charge is -2.02. The molecule has 0 fully saturated rings. The van der Waals surface area contributed by atoms with Gasteiger partial charge in [0.15, 0.2) is 0 Å². The van der Waals surface area contributed by atoms with E-state index >= 15 is 0 Å². The van der Waals surface area contributed by atoms with E-state index in [1.54, 1.807) is 30.3 Å². The molecule has 6 heteroatoms. The van der Waals surface area contributed by atoms with Gasteiger partial charge in [0, 0.05) is 25.9 Å². The van der Waals surface area contributed by atoms with Gasteiger partial charge in [-0.25, -0.2) is 4.39 Å². The number of hydrogen-bond acceptors (Lipinski definition) is 3. The van der Waals surface area contributed by atoms with Gasteiger partial charge in [0.1, 0.15) is 17.3 Å². The third kappa shape index (κ3) is 4.88. The summed E-state index contributed by atoms with van der Waals surface area (Å²) in [5, 5.41) is 2.68. The Morgan fingerprint density at radius 1 is 1.24 bits per heavy atom. The summed E-state index contributed by atoms with van der Waals surface area (Å²) in [6.07, 6.45) is 0.801. The molecule has 1 aromatic carbocycles. The van der Waals surface area contributed by atoms with Gasteiger partial charge in [-0.3, -0.25) is 4.79 Å². The van der Waals surface area contributed by atoms with Gasteiger partial charge in [0.2, 0.25) is 5.91 Å². The second kappa shape index (κ2) is 8.44. The van der Waals surface area contributed by atoms with E-state index in [1.807, 2.05) is 0 Å². The monoisotopic (exact) mass is 312 g/mol. The van der Waals surface area contributed by atoms with Gasteiger partial charge in [0.05, 0.1) is 5.56 Å². The number of halogens is 2. The summed E-state index contributed by atoms with van der Waals surface area (Å²) in [5.74, 6) is 0.736. The number of carbonyl (C=O) groups is 1. The smallest absolute Gasteiger partial charge is 0.220 e. The number of benzene rings is 1. The van der Waals surface area contributed by atoms with Crippen molar-refractivity contribution in [3.63, 3.8) is 0 Å². The summed E-state index contributed by atoms with van der Waals surface area (Å²) < 4.78 is 19.2. The molecule has 0 radical (unpaired) electrons. The first-order valence-electron chi connectivity index (χ1n) is 6.51. The van der Waals surface area contributed by atoms with Crippen molar-refractivity contribution in [1.29, 1.82) is 0 Å². The van der Waals surface area contributed by atoms with E-state index in [2.05, 4.69) is 5.32 Å². The van der Waals surface area contributed by atoms with Gasteiger partial charge in [-0.05, 0) is 24.3 Å². The molecule has 2 rings (SSSR count). The summed E-state index contributed by atoms with van der Waals surface area (Å²) in [6.45, 7) is 0.890. The minimum Gasteiger partial charge on any atom is -0.461 e. The number of nitrogens with one attached hydrogen (secondary N) is 1. The number of furan rings is 1. The number of hydrogen-bond donors (Lipinski definition) is 2. The van der Waals surface area contributed by atoms with Crippen LogP contribution in [0.2, 0.25) is 0 Å². The first-order valence-corrected chi connectivity index (χ1v) is 6.51. The average molecular weight is 313 g/mol. The highest BCUT2D eigenvalue weighted by atomic mass is 35.5. The zero-order chi connectivity index (χ0) is 14.4. The predicted molar refractivity (Wildman–Crippen MR) is 81.7 cm³/mol. The lowest BCUT2D eigenvalue weighted by Crippen LogP contribution is -2.29. The molecule has 114 valence electrons. The van der Waals surface area contributed by atoms with Crippen molar-refractivity contribution in [2.75, 3.05) is 13.1 Å². The Bertz CT molecular complexity index is 587. The minimum atomic E-state index is -0.325. The third-order valence-corrected chi connectivity index (χ3v) is 2.87. The molecule has 0 atom stereocenters. The summed E-state index contributed by atoms with van der Waals surface area (Å²) in [6, 6.07) is 9.90. The zero-order valence-electron chi connectivity index (χ0n) is 11.5. The molecule has 0 bridgehead atoms. The maximum atomic E-state index is 13.6. The number of aryl methyl sites for hydroxylation is 1. The SMILES string of the molecule is Cl.NCCNC(=O)CCc1ccc(-c2ccccc2F)o1. The van der Waals surface area contributed by atoms with Gasteiger partial charge in [0.25, 0.3) is 0 Å². The normalized spacial score (nSPS) is 10.0. The first-order chi connectivity index (χ1) is 9.70. The zero-order valence-corrected chi connectivity index (χ0v) is 12.3. The van der Waals surface area contributed by atoms with Crippen molar-refractivity contribution >= 4 is 18.3 Å². The van der Waals surface area contributed by atoms with E-state index in [9.17, 15) is 9.18 Å². The fourth-order valence-electron chi connectivity index (χ4n) is 1.85. The molecule has 0 unspecified atom stereocenters. The quantitative estimate of drug-likeness (QED) is 0.861. The molecule has 0 aliphatic carbocycles. The van der Waals surface area contributed by atoms with E-state index < -0.39 is 0 Å². The van der Waals surface area contributed by atoms with Gasteiger partial charge < -0.3 is 15.5 Å². The molecule has 2 aromatic rings. The Morgan fingerprint density at radius 3 is 2.71 bits per heavy atom. The summed E-state index contributed by atoms with van der Waals surface area (Å²) >= 11 is 0. The molecule has 4 nitrogen and oxygen atoms in total. The van der Waals surface area contributed by atoms with Crippen LogP contribution in [0.1, 0.15) is 12.2 Å².